The van der Waals surface area contributed by atoms with E-state index in [9.17, 15) is 0 Å². The van der Waals surface area contributed by atoms with Gasteiger partial charge in [-0.15, -0.1) is 0 Å². The summed E-state index contributed by atoms with van der Waals surface area (Å²) in [5.74, 6) is 1.16. The first-order chi connectivity index (χ1) is 9.81. The fourth-order valence-corrected chi connectivity index (χ4v) is 2.63. The zero-order valence-corrected chi connectivity index (χ0v) is 12.1. The number of fused-ring (bicyclic) bond motifs is 1. The van der Waals surface area contributed by atoms with Crippen molar-refractivity contribution in [3.8, 4) is 0 Å². The average molecular weight is 264 g/mol. The van der Waals surface area contributed by atoms with Gasteiger partial charge in [0, 0.05) is 13.0 Å². The molecule has 1 heterocycles. The molecule has 3 aromatic rings. The number of imidazole rings is 1. The summed E-state index contributed by atoms with van der Waals surface area (Å²) < 4.78 is 2.33. The van der Waals surface area contributed by atoms with E-state index in [0.717, 1.165) is 30.7 Å². The number of aromatic nitrogens is 2. The molecule has 0 unspecified atom stereocenters. The van der Waals surface area contributed by atoms with E-state index >= 15 is 0 Å². The molecule has 0 spiro atoms. The number of rotatable bonds is 4. The van der Waals surface area contributed by atoms with Gasteiger partial charge >= 0.3 is 0 Å². The van der Waals surface area contributed by atoms with Crippen LogP contribution >= 0.6 is 0 Å². The molecule has 1 aromatic heterocycles. The molecule has 2 aromatic carbocycles. The van der Waals surface area contributed by atoms with E-state index in [4.69, 9.17) is 4.98 Å². The molecule has 2 nitrogen and oxygen atoms in total. The molecule has 2 heteroatoms. The van der Waals surface area contributed by atoms with Crippen molar-refractivity contribution in [2.75, 3.05) is 0 Å². The summed E-state index contributed by atoms with van der Waals surface area (Å²) in [4.78, 5) is 4.72. The summed E-state index contributed by atoms with van der Waals surface area (Å²) in [7, 11) is 0. The maximum Gasteiger partial charge on any atom is 0.109 e. The largest absolute Gasteiger partial charge is 0.323 e. The number of hydrogen-bond acceptors (Lipinski definition) is 1. The van der Waals surface area contributed by atoms with Crippen molar-refractivity contribution in [3.05, 3.63) is 65.5 Å². The smallest absolute Gasteiger partial charge is 0.109 e. The molecular formula is C18H20N2. The Bertz CT molecular complexity index is 708. The summed E-state index contributed by atoms with van der Waals surface area (Å²) in [5.41, 5.74) is 5.04. The summed E-state index contributed by atoms with van der Waals surface area (Å²) >= 11 is 0. The van der Waals surface area contributed by atoms with Gasteiger partial charge in [0.2, 0.25) is 0 Å². The van der Waals surface area contributed by atoms with Gasteiger partial charge in [-0.25, -0.2) is 4.98 Å². The SMILES string of the molecule is CCc1ccc(Cn2c(CC)nc3ccccc32)cc1. The zero-order valence-electron chi connectivity index (χ0n) is 12.1. The molecule has 20 heavy (non-hydrogen) atoms. The Balaban J connectivity index is 2.00. The third kappa shape index (κ3) is 2.34. The minimum absolute atomic E-state index is 0.897. The molecule has 0 radical (unpaired) electrons. The van der Waals surface area contributed by atoms with Crippen molar-refractivity contribution in [3.63, 3.8) is 0 Å². The first-order valence-electron chi connectivity index (χ1n) is 7.33. The minimum atomic E-state index is 0.897. The van der Waals surface area contributed by atoms with Gasteiger partial charge in [0.15, 0.2) is 0 Å². The van der Waals surface area contributed by atoms with Crippen molar-refractivity contribution in [1.29, 1.82) is 0 Å². The van der Waals surface area contributed by atoms with Crippen LogP contribution in [0.1, 0.15) is 30.8 Å². The van der Waals surface area contributed by atoms with Gasteiger partial charge < -0.3 is 4.57 Å². The maximum absolute atomic E-state index is 4.72. The molecule has 0 aliphatic carbocycles. The summed E-state index contributed by atoms with van der Waals surface area (Å²) in [6, 6.07) is 17.3. The van der Waals surface area contributed by atoms with Crippen LogP contribution < -0.4 is 0 Å². The second-order valence-corrected chi connectivity index (χ2v) is 5.13. The molecule has 0 saturated carbocycles. The van der Waals surface area contributed by atoms with Gasteiger partial charge in [-0.1, -0.05) is 50.2 Å². The number of nitrogens with zero attached hydrogens (tertiary/aromatic N) is 2. The van der Waals surface area contributed by atoms with Crippen molar-refractivity contribution in [1.82, 2.24) is 9.55 Å². The lowest BCUT2D eigenvalue weighted by Crippen LogP contribution is -2.04. The second-order valence-electron chi connectivity index (χ2n) is 5.13. The number of para-hydroxylation sites is 2. The lowest BCUT2D eigenvalue weighted by atomic mass is 10.1. The number of hydrogen-bond donors (Lipinski definition) is 0. The molecule has 0 saturated heterocycles. The molecule has 0 bridgehead atoms. The van der Waals surface area contributed by atoms with Crippen LogP contribution in [-0.2, 0) is 19.4 Å². The molecular weight excluding hydrogens is 244 g/mol. The average Bonchev–Trinajstić information content (AvgIpc) is 2.86. The predicted molar refractivity (Wildman–Crippen MR) is 84.0 cm³/mol. The van der Waals surface area contributed by atoms with Gasteiger partial charge in [-0.2, -0.15) is 0 Å². The van der Waals surface area contributed by atoms with E-state index in [1.54, 1.807) is 0 Å². The molecule has 0 aliphatic rings. The van der Waals surface area contributed by atoms with Crippen LogP contribution in [-0.4, -0.2) is 9.55 Å². The maximum atomic E-state index is 4.72. The first kappa shape index (κ1) is 12.9. The van der Waals surface area contributed by atoms with Crippen LogP contribution in [0.4, 0.5) is 0 Å². The molecule has 0 fully saturated rings. The van der Waals surface area contributed by atoms with E-state index < -0.39 is 0 Å². The van der Waals surface area contributed by atoms with Gasteiger partial charge in [0.05, 0.1) is 11.0 Å². The molecule has 102 valence electrons. The highest BCUT2D eigenvalue weighted by molar-refractivity contribution is 5.76. The normalized spacial score (nSPS) is 11.1. The van der Waals surface area contributed by atoms with Crippen molar-refractivity contribution >= 4 is 11.0 Å². The van der Waals surface area contributed by atoms with Crippen molar-refractivity contribution in [2.45, 2.75) is 33.2 Å². The fourth-order valence-electron chi connectivity index (χ4n) is 2.63. The fraction of sp³-hybridized carbons (Fsp3) is 0.278. The standard InChI is InChI=1S/C18H20N2/c1-3-14-9-11-15(12-10-14)13-20-17-8-6-5-7-16(17)19-18(20)4-2/h5-12H,3-4,13H2,1-2H3. The highest BCUT2D eigenvalue weighted by atomic mass is 15.1. The topological polar surface area (TPSA) is 17.8 Å². The van der Waals surface area contributed by atoms with Gasteiger partial charge in [-0.05, 0) is 29.7 Å². The van der Waals surface area contributed by atoms with E-state index in [0.29, 0.717) is 0 Å². The van der Waals surface area contributed by atoms with Crippen molar-refractivity contribution in [2.24, 2.45) is 0 Å². The quantitative estimate of drug-likeness (QED) is 0.690. The van der Waals surface area contributed by atoms with Gasteiger partial charge in [0.25, 0.3) is 0 Å². The first-order valence-corrected chi connectivity index (χ1v) is 7.33. The summed E-state index contributed by atoms with van der Waals surface area (Å²) in [6.45, 7) is 5.25. The predicted octanol–water partition coefficient (Wildman–Crippen LogP) is 4.21. The zero-order chi connectivity index (χ0) is 13.9. The Hall–Kier alpha value is -2.09. The van der Waals surface area contributed by atoms with Crippen LogP contribution in [0.25, 0.3) is 11.0 Å². The summed E-state index contributed by atoms with van der Waals surface area (Å²) in [5, 5.41) is 0. The van der Waals surface area contributed by atoms with Crippen LogP contribution in [0.3, 0.4) is 0 Å². The van der Waals surface area contributed by atoms with Crippen LogP contribution in [0, 0.1) is 0 Å². The highest BCUT2D eigenvalue weighted by Crippen LogP contribution is 2.18. The Morgan fingerprint density at radius 1 is 0.850 bits per heavy atom. The van der Waals surface area contributed by atoms with Crippen LogP contribution in [0.5, 0.6) is 0 Å². The second kappa shape index (κ2) is 5.49. The lowest BCUT2D eigenvalue weighted by Gasteiger charge is -2.09. The number of aryl methyl sites for hydroxylation is 2. The van der Waals surface area contributed by atoms with Crippen molar-refractivity contribution < 1.29 is 0 Å². The van der Waals surface area contributed by atoms with Gasteiger partial charge in [-0.3, -0.25) is 0 Å². The van der Waals surface area contributed by atoms with E-state index in [1.807, 2.05) is 0 Å². The Morgan fingerprint density at radius 2 is 1.55 bits per heavy atom. The van der Waals surface area contributed by atoms with E-state index in [1.165, 1.54) is 16.6 Å². The number of benzene rings is 2. The molecule has 3 rings (SSSR count). The molecule has 0 aliphatic heterocycles. The van der Waals surface area contributed by atoms with Crippen LogP contribution in [0.15, 0.2) is 48.5 Å². The monoisotopic (exact) mass is 264 g/mol. The minimum Gasteiger partial charge on any atom is -0.323 e. The lowest BCUT2D eigenvalue weighted by molar-refractivity contribution is 0.752. The summed E-state index contributed by atoms with van der Waals surface area (Å²) in [6.07, 6.45) is 2.05. The Morgan fingerprint density at radius 3 is 2.25 bits per heavy atom. The third-order valence-electron chi connectivity index (χ3n) is 3.82. The molecule has 0 amide bonds. The molecule has 0 N–H and O–H groups in total. The van der Waals surface area contributed by atoms with E-state index in [2.05, 4.69) is 66.9 Å². The molecule has 0 atom stereocenters. The Labute approximate surface area is 120 Å². The Kier molecular flexibility index (Phi) is 3.55. The third-order valence-corrected chi connectivity index (χ3v) is 3.82. The van der Waals surface area contributed by atoms with Crippen LogP contribution in [0.2, 0.25) is 0 Å². The van der Waals surface area contributed by atoms with Gasteiger partial charge in [0.1, 0.15) is 5.82 Å². The highest BCUT2D eigenvalue weighted by Gasteiger charge is 2.08. The van der Waals surface area contributed by atoms with E-state index in [-0.39, 0.29) is 0 Å².